The molecular weight excluding hydrogens is 320 g/mol. The summed E-state index contributed by atoms with van der Waals surface area (Å²) in [5, 5.41) is 7.96. The number of amides is 1. The lowest BCUT2D eigenvalue weighted by atomic mass is 10.1. The molecule has 0 N–H and O–H groups in total. The molecule has 0 radical (unpaired) electrons. The van der Waals surface area contributed by atoms with E-state index in [1.807, 2.05) is 31.2 Å². The van der Waals surface area contributed by atoms with E-state index in [2.05, 4.69) is 10.1 Å². The van der Waals surface area contributed by atoms with E-state index in [0.29, 0.717) is 11.6 Å². The van der Waals surface area contributed by atoms with Crippen molar-refractivity contribution < 1.29 is 4.79 Å². The van der Waals surface area contributed by atoms with E-state index >= 15 is 0 Å². The first-order valence-electron chi connectivity index (χ1n) is 7.37. The molecule has 0 spiro atoms. The fraction of sp³-hybridized carbons (Fsp3) is 0.533. The van der Waals surface area contributed by atoms with Gasteiger partial charge in [0.15, 0.2) is 0 Å². The minimum Gasteiger partial charge on any atom is -0.335 e. The molecule has 0 bridgehead atoms. The molecule has 1 aliphatic rings. The van der Waals surface area contributed by atoms with Gasteiger partial charge in [0.2, 0.25) is 5.91 Å². The van der Waals surface area contributed by atoms with Gasteiger partial charge < -0.3 is 4.90 Å². The normalized spacial score (nSPS) is 18.2. The summed E-state index contributed by atoms with van der Waals surface area (Å²) in [6.45, 7) is 4.68. The average Bonchev–Trinajstić information content (AvgIpc) is 3.12. The van der Waals surface area contributed by atoms with Crippen LogP contribution in [0.2, 0.25) is 5.15 Å². The van der Waals surface area contributed by atoms with Gasteiger partial charge in [0.1, 0.15) is 5.15 Å². The maximum Gasteiger partial charge on any atom is 0.229 e. The second kappa shape index (κ2) is 6.01. The third-order valence-electron chi connectivity index (χ3n) is 4.10. The Labute approximate surface area is 138 Å². The van der Waals surface area contributed by atoms with Gasteiger partial charge in [0, 0.05) is 24.5 Å². The lowest BCUT2D eigenvalue weighted by molar-refractivity contribution is -0.131. The standard InChI is InChI=1S/C15H19ClN4OS/c1-9-14(15(16)19(3)18-9)12-5-4-6-20(12)13(21)7-11-8-22-10(2)17-11/h8,12H,4-7H2,1-3H3. The summed E-state index contributed by atoms with van der Waals surface area (Å²) in [7, 11) is 1.83. The number of hydrogen-bond donors (Lipinski definition) is 0. The van der Waals surface area contributed by atoms with E-state index in [4.69, 9.17) is 11.6 Å². The number of aromatic nitrogens is 3. The van der Waals surface area contributed by atoms with Gasteiger partial charge in [-0.3, -0.25) is 9.48 Å². The second-order valence-corrected chi connectivity index (χ2v) is 7.11. The maximum absolute atomic E-state index is 12.7. The number of carbonyl (C=O) groups is 1. The van der Waals surface area contributed by atoms with Crippen LogP contribution in [-0.4, -0.2) is 32.1 Å². The highest BCUT2D eigenvalue weighted by atomic mass is 35.5. The molecule has 22 heavy (non-hydrogen) atoms. The van der Waals surface area contributed by atoms with E-state index in [9.17, 15) is 4.79 Å². The highest BCUT2D eigenvalue weighted by molar-refractivity contribution is 7.09. The van der Waals surface area contributed by atoms with Crippen LogP contribution in [0.3, 0.4) is 0 Å². The van der Waals surface area contributed by atoms with Gasteiger partial charge in [-0.2, -0.15) is 5.10 Å². The highest BCUT2D eigenvalue weighted by Gasteiger charge is 2.34. The van der Waals surface area contributed by atoms with E-state index in [1.54, 1.807) is 16.0 Å². The topological polar surface area (TPSA) is 51.0 Å². The van der Waals surface area contributed by atoms with Gasteiger partial charge in [-0.05, 0) is 26.7 Å². The van der Waals surface area contributed by atoms with Crippen molar-refractivity contribution in [1.82, 2.24) is 19.7 Å². The zero-order valence-electron chi connectivity index (χ0n) is 13.0. The number of aryl methyl sites for hydroxylation is 3. The molecule has 0 aliphatic carbocycles. The van der Waals surface area contributed by atoms with Crippen LogP contribution in [0.1, 0.15) is 40.8 Å². The average molecular weight is 339 g/mol. The first kappa shape index (κ1) is 15.5. The van der Waals surface area contributed by atoms with Crippen molar-refractivity contribution in [2.45, 2.75) is 39.2 Å². The molecule has 1 saturated heterocycles. The van der Waals surface area contributed by atoms with Crippen LogP contribution in [0.15, 0.2) is 5.38 Å². The van der Waals surface area contributed by atoms with Gasteiger partial charge >= 0.3 is 0 Å². The van der Waals surface area contributed by atoms with Crippen molar-refractivity contribution in [1.29, 1.82) is 0 Å². The van der Waals surface area contributed by atoms with Gasteiger partial charge in [-0.15, -0.1) is 11.3 Å². The highest BCUT2D eigenvalue weighted by Crippen LogP contribution is 2.37. The Balaban J connectivity index is 1.82. The van der Waals surface area contributed by atoms with Crippen molar-refractivity contribution in [2.75, 3.05) is 6.54 Å². The van der Waals surface area contributed by atoms with Crippen LogP contribution >= 0.6 is 22.9 Å². The third-order valence-corrected chi connectivity index (χ3v) is 5.37. The van der Waals surface area contributed by atoms with Gasteiger partial charge in [-0.1, -0.05) is 11.6 Å². The SMILES string of the molecule is Cc1nc(CC(=O)N2CCCC2c2c(C)nn(C)c2Cl)cs1. The molecule has 1 atom stereocenters. The van der Waals surface area contributed by atoms with Crippen molar-refractivity contribution in [3.8, 4) is 0 Å². The van der Waals surface area contributed by atoms with Gasteiger partial charge in [0.05, 0.1) is 28.9 Å². The fourth-order valence-electron chi connectivity index (χ4n) is 3.14. The maximum atomic E-state index is 12.7. The van der Waals surface area contributed by atoms with Crippen LogP contribution in [0.5, 0.6) is 0 Å². The van der Waals surface area contributed by atoms with E-state index in [-0.39, 0.29) is 11.9 Å². The van der Waals surface area contributed by atoms with Crippen LogP contribution in [0.4, 0.5) is 0 Å². The smallest absolute Gasteiger partial charge is 0.229 e. The molecule has 1 fully saturated rings. The van der Waals surface area contributed by atoms with Crippen LogP contribution in [-0.2, 0) is 18.3 Å². The predicted molar refractivity (Wildman–Crippen MR) is 87.2 cm³/mol. The van der Waals surface area contributed by atoms with E-state index in [1.165, 1.54) is 0 Å². The number of nitrogens with zero attached hydrogens (tertiary/aromatic N) is 4. The van der Waals surface area contributed by atoms with Gasteiger partial charge in [0.25, 0.3) is 0 Å². The Morgan fingerprint density at radius 2 is 2.27 bits per heavy atom. The third kappa shape index (κ3) is 2.77. The molecule has 118 valence electrons. The van der Waals surface area contributed by atoms with Crippen LogP contribution in [0, 0.1) is 13.8 Å². The lowest BCUT2D eigenvalue weighted by Crippen LogP contribution is -2.32. The number of likely N-dealkylation sites (tertiary alicyclic amines) is 1. The molecule has 2 aromatic rings. The molecule has 1 aliphatic heterocycles. The molecule has 2 aromatic heterocycles. The summed E-state index contributed by atoms with van der Waals surface area (Å²) in [6, 6.07) is 0.0356. The van der Waals surface area contributed by atoms with Crippen molar-refractivity contribution in [2.24, 2.45) is 7.05 Å². The monoisotopic (exact) mass is 338 g/mol. The van der Waals surface area contributed by atoms with Crippen molar-refractivity contribution >= 4 is 28.8 Å². The Hall–Kier alpha value is -1.40. The van der Waals surface area contributed by atoms with Crippen LogP contribution < -0.4 is 0 Å². The largest absolute Gasteiger partial charge is 0.335 e. The Morgan fingerprint density at radius 1 is 1.50 bits per heavy atom. The number of thiazole rings is 1. The molecule has 3 rings (SSSR count). The Bertz CT molecular complexity index is 708. The summed E-state index contributed by atoms with van der Waals surface area (Å²) >= 11 is 7.96. The molecule has 1 amide bonds. The number of hydrogen-bond acceptors (Lipinski definition) is 4. The number of rotatable bonds is 3. The Kier molecular flexibility index (Phi) is 4.23. The predicted octanol–water partition coefficient (Wildman–Crippen LogP) is 3.05. The quantitative estimate of drug-likeness (QED) is 0.864. The first-order valence-corrected chi connectivity index (χ1v) is 8.62. The van der Waals surface area contributed by atoms with E-state index < -0.39 is 0 Å². The zero-order valence-corrected chi connectivity index (χ0v) is 14.5. The molecule has 5 nitrogen and oxygen atoms in total. The molecular formula is C15H19ClN4OS. The molecule has 0 saturated carbocycles. The van der Waals surface area contributed by atoms with Gasteiger partial charge in [-0.25, -0.2) is 4.98 Å². The summed E-state index contributed by atoms with van der Waals surface area (Å²) in [5.74, 6) is 0.118. The van der Waals surface area contributed by atoms with Crippen molar-refractivity contribution in [3.05, 3.63) is 32.5 Å². The van der Waals surface area contributed by atoms with E-state index in [0.717, 1.165) is 41.3 Å². The summed E-state index contributed by atoms with van der Waals surface area (Å²) in [6.07, 6.45) is 2.29. The lowest BCUT2D eigenvalue weighted by Gasteiger charge is -2.24. The number of halogens is 1. The van der Waals surface area contributed by atoms with Crippen LogP contribution in [0.25, 0.3) is 0 Å². The minimum absolute atomic E-state index is 0.0356. The molecule has 1 unspecified atom stereocenters. The summed E-state index contributed by atoms with van der Waals surface area (Å²) in [4.78, 5) is 19.0. The number of carbonyl (C=O) groups excluding carboxylic acids is 1. The summed E-state index contributed by atoms with van der Waals surface area (Å²) in [5.41, 5.74) is 2.75. The summed E-state index contributed by atoms with van der Waals surface area (Å²) < 4.78 is 1.68. The van der Waals surface area contributed by atoms with Crippen molar-refractivity contribution in [3.63, 3.8) is 0 Å². The fourth-order valence-corrected chi connectivity index (χ4v) is 4.05. The second-order valence-electron chi connectivity index (χ2n) is 5.69. The minimum atomic E-state index is 0.0356. The molecule has 3 heterocycles. The Morgan fingerprint density at radius 3 is 2.86 bits per heavy atom. The molecule has 0 aromatic carbocycles. The first-order chi connectivity index (χ1) is 10.5. The zero-order chi connectivity index (χ0) is 15.9. The molecule has 7 heteroatoms.